The molecule has 0 radical (unpaired) electrons. The van der Waals surface area contributed by atoms with E-state index < -0.39 is 17.7 Å². The Kier molecular flexibility index (Phi) is 4.43. The fourth-order valence-corrected chi connectivity index (χ4v) is 2.57. The molecular formula is C16H21N2O3+. The summed E-state index contributed by atoms with van der Waals surface area (Å²) in [7, 11) is 3.99. The van der Waals surface area contributed by atoms with Crippen LogP contribution in [0.3, 0.4) is 0 Å². The Balaban J connectivity index is 2.41. The number of carbonyl (C=O) groups excluding carboxylic acids is 2. The summed E-state index contributed by atoms with van der Waals surface area (Å²) in [4.78, 5) is 26.9. The molecule has 1 aliphatic rings. The Morgan fingerprint density at radius 2 is 1.90 bits per heavy atom. The van der Waals surface area contributed by atoms with Crippen LogP contribution in [0.5, 0.6) is 0 Å². The molecule has 1 heterocycles. The fourth-order valence-electron chi connectivity index (χ4n) is 2.57. The van der Waals surface area contributed by atoms with Crippen LogP contribution in [0.25, 0.3) is 0 Å². The lowest BCUT2D eigenvalue weighted by Crippen LogP contribution is -3.06. The number of hydrogen-bond donors (Lipinski definition) is 2. The van der Waals surface area contributed by atoms with E-state index >= 15 is 0 Å². The fraction of sp³-hybridized carbons (Fsp3) is 0.375. The Morgan fingerprint density at radius 3 is 2.43 bits per heavy atom. The van der Waals surface area contributed by atoms with E-state index in [0.29, 0.717) is 6.54 Å². The van der Waals surface area contributed by atoms with Crippen LogP contribution in [-0.2, 0) is 9.59 Å². The van der Waals surface area contributed by atoms with Crippen LogP contribution in [0.4, 0.5) is 0 Å². The Morgan fingerprint density at radius 1 is 1.29 bits per heavy atom. The van der Waals surface area contributed by atoms with Gasteiger partial charge in [-0.05, 0) is 12.5 Å². The molecule has 0 saturated heterocycles. The molecule has 0 saturated carbocycles. The van der Waals surface area contributed by atoms with Gasteiger partial charge in [0.25, 0.3) is 5.91 Å². The van der Waals surface area contributed by atoms with Crippen LogP contribution in [-0.4, -0.2) is 48.9 Å². The topological polar surface area (TPSA) is 62.0 Å². The second-order valence-corrected chi connectivity index (χ2v) is 5.59. The summed E-state index contributed by atoms with van der Waals surface area (Å²) in [5.74, 6) is -1.14. The molecule has 1 atom stereocenters. The minimum absolute atomic E-state index is 0.194. The number of hydrogen-bond acceptors (Lipinski definition) is 3. The van der Waals surface area contributed by atoms with Gasteiger partial charge in [-0.1, -0.05) is 30.3 Å². The van der Waals surface area contributed by atoms with Crippen molar-refractivity contribution in [3.05, 3.63) is 47.2 Å². The quantitative estimate of drug-likeness (QED) is 0.809. The summed E-state index contributed by atoms with van der Waals surface area (Å²) >= 11 is 0. The van der Waals surface area contributed by atoms with E-state index in [2.05, 4.69) is 0 Å². The van der Waals surface area contributed by atoms with Crippen molar-refractivity contribution >= 4 is 11.7 Å². The third kappa shape index (κ3) is 2.97. The first-order chi connectivity index (χ1) is 9.93. The van der Waals surface area contributed by atoms with Gasteiger partial charge in [-0.15, -0.1) is 0 Å². The third-order valence-corrected chi connectivity index (χ3v) is 3.65. The molecule has 112 valence electrons. The van der Waals surface area contributed by atoms with Gasteiger partial charge >= 0.3 is 0 Å². The summed E-state index contributed by atoms with van der Waals surface area (Å²) in [5, 5.41) is 10.1. The van der Waals surface area contributed by atoms with Crippen LogP contribution < -0.4 is 4.90 Å². The van der Waals surface area contributed by atoms with E-state index in [-0.39, 0.29) is 11.4 Å². The first-order valence-corrected chi connectivity index (χ1v) is 7.02. The standard InChI is InChI=1S/C16H20N2O3/c1-11(19)13-14(12-7-5-4-6-8-12)18(10-9-17(2)3)16(21)15(13)20/h4-8,14,20H,9-10H2,1-3H3/p+1/t14-/m1/s1. The zero-order valence-corrected chi connectivity index (χ0v) is 12.6. The van der Waals surface area contributed by atoms with Gasteiger partial charge in [0.2, 0.25) is 0 Å². The summed E-state index contributed by atoms with van der Waals surface area (Å²) in [6, 6.07) is 8.86. The SMILES string of the molecule is CC(=O)C1=C(O)C(=O)N(CC[NH+](C)C)[C@@H]1c1ccccc1. The van der Waals surface area contributed by atoms with Gasteiger partial charge in [0.05, 0.1) is 38.8 Å². The monoisotopic (exact) mass is 289 g/mol. The first-order valence-electron chi connectivity index (χ1n) is 7.02. The molecule has 5 nitrogen and oxygen atoms in total. The summed E-state index contributed by atoms with van der Waals surface area (Å²) in [5.41, 5.74) is 1.04. The Hall–Kier alpha value is -2.14. The molecule has 1 amide bonds. The van der Waals surface area contributed by atoms with Crippen molar-refractivity contribution in [1.29, 1.82) is 0 Å². The number of nitrogens with one attached hydrogen (secondary N) is 1. The minimum Gasteiger partial charge on any atom is -0.503 e. The molecule has 0 aliphatic carbocycles. The number of benzene rings is 1. The average Bonchev–Trinajstić information content (AvgIpc) is 2.70. The van der Waals surface area contributed by atoms with Gasteiger partial charge in [0.15, 0.2) is 11.5 Å². The normalized spacial score (nSPS) is 18.8. The van der Waals surface area contributed by atoms with Crippen molar-refractivity contribution in [2.75, 3.05) is 27.2 Å². The highest BCUT2D eigenvalue weighted by Crippen LogP contribution is 2.36. The summed E-state index contributed by atoms with van der Waals surface area (Å²) in [6.45, 7) is 2.62. The number of rotatable bonds is 5. The zero-order chi connectivity index (χ0) is 15.6. The molecule has 2 rings (SSSR count). The van der Waals surface area contributed by atoms with E-state index in [1.807, 2.05) is 44.4 Å². The number of quaternary nitrogens is 1. The van der Waals surface area contributed by atoms with E-state index in [1.165, 1.54) is 11.8 Å². The number of aliphatic hydroxyl groups excluding tert-OH is 1. The molecule has 0 spiro atoms. The zero-order valence-electron chi connectivity index (χ0n) is 12.6. The summed E-state index contributed by atoms with van der Waals surface area (Å²) in [6.07, 6.45) is 0. The first kappa shape index (κ1) is 15.3. The van der Waals surface area contributed by atoms with Gasteiger partial charge in [-0.3, -0.25) is 9.59 Å². The lowest BCUT2D eigenvalue weighted by Gasteiger charge is -2.26. The molecule has 0 aromatic heterocycles. The smallest absolute Gasteiger partial charge is 0.290 e. The van der Waals surface area contributed by atoms with Crippen molar-refractivity contribution < 1.29 is 19.6 Å². The van der Waals surface area contributed by atoms with Crippen LogP contribution in [0, 0.1) is 0 Å². The van der Waals surface area contributed by atoms with Gasteiger partial charge < -0.3 is 14.9 Å². The van der Waals surface area contributed by atoms with Gasteiger partial charge in [0, 0.05) is 0 Å². The van der Waals surface area contributed by atoms with Crippen molar-refractivity contribution in [3.8, 4) is 0 Å². The molecule has 2 N–H and O–H groups in total. The third-order valence-electron chi connectivity index (χ3n) is 3.65. The minimum atomic E-state index is -0.490. The highest BCUT2D eigenvalue weighted by Gasteiger charge is 2.42. The van der Waals surface area contributed by atoms with Gasteiger partial charge in [-0.25, -0.2) is 0 Å². The second kappa shape index (κ2) is 6.10. The highest BCUT2D eigenvalue weighted by molar-refractivity contribution is 6.08. The average molecular weight is 289 g/mol. The maximum atomic E-state index is 12.3. The van der Waals surface area contributed by atoms with Crippen LogP contribution in [0.1, 0.15) is 18.5 Å². The number of aliphatic hydroxyl groups is 1. The maximum Gasteiger partial charge on any atom is 0.290 e. The molecular weight excluding hydrogens is 268 g/mol. The Bertz CT molecular complexity index is 578. The molecule has 0 unspecified atom stereocenters. The lowest BCUT2D eigenvalue weighted by atomic mass is 9.97. The summed E-state index contributed by atoms with van der Waals surface area (Å²) < 4.78 is 0. The number of carbonyl (C=O) groups is 2. The number of likely N-dealkylation sites (N-methyl/N-ethyl adjacent to an activating group) is 1. The van der Waals surface area contributed by atoms with Crippen molar-refractivity contribution in [1.82, 2.24) is 4.90 Å². The van der Waals surface area contributed by atoms with Gasteiger partial charge in [-0.2, -0.15) is 0 Å². The second-order valence-electron chi connectivity index (χ2n) is 5.59. The predicted molar refractivity (Wildman–Crippen MR) is 78.9 cm³/mol. The molecule has 0 bridgehead atoms. The number of Topliss-reactive ketones (excluding diaryl/α,β-unsaturated/α-hetero) is 1. The predicted octanol–water partition coefficient (Wildman–Crippen LogP) is 0.116. The molecule has 0 fully saturated rings. The van der Waals surface area contributed by atoms with Crippen molar-refractivity contribution in [2.45, 2.75) is 13.0 Å². The molecule has 5 heteroatoms. The van der Waals surface area contributed by atoms with E-state index in [0.717, 1.165) is 12.1 Å². The van der Waals surface area contributed by atoms with E-state index in [9.17, 15) is 14.7 Å². The van der Waals surface area contributed by atoms with E-state index in [1.54, 1.807) is 4.90 Å². The van der Waals surface area contributed by atoms with Crippen molar-refractivity contribution in [2.24, 2.45) is 0 Å². The van der Waals surface area contributed by atoms with E-state index in [4.69, 9.17) is 0 Å². The maximum absolute atomic E-state index is 12.3. The molecule has 1 aromatic rings. The highest BCUT2D eigenvalue weighted by atomic mass is 16.3. The molecule has 21 heavy (non-hydrogen) atoms. The number of ketones is 1. The largest absolute Gasteiger partial charge is 0.503 e. The Labute approximate surface area is 124 Å². The van der Waals surface area contributed by atoms with Gasteiger partial charge in [0.1, 0.15) is 0 Å². The lowest BCUT2D eigenvalue weighted by molar-refractivity contribution is -0.857. The van der Waals surface area contributed by atoms with Crippen LogP contribution >= 0.6 is 0 Å². The van der Waals surface area contributed by atoms with Crippen LogP contribution in [0.15, 0.2) is 41.7 Å². The van der Waals surface area contributed by atoms with Crippen LogP contribution in [0.2, 0.25) is 0 Å². The number of amides is 1. The van der Waals surface area contributed by atoms with Crippen molar-refractivity contribution in [3.63, 3.8) is 0 Å². The number of nitrogens with zero attached hydrogens (tertiary/aromatic N) is 1. The molecule has 1 aromatic carbocycles. The molecule has 1 aliphatic heterocycles.